The zero-order valence-corrected chi connectivity index (χ0v) is 9.82. The summed E-state index contributed by atoms with van der Waals surface area (Å²) >= 11 is 0. The maximum Gasteiger partial charge on any atom is 0.404 e. The molecule has 0 aliphatic carbocycles. The fourth-order valence-corrected chi connectivity index (χ4v) is 1.56. The molecule has 16 heavy (non-hydrogen) atoms. The van der Waals surface area contributed by atoms with Gasteiger partial charge in [0.2, 0.25) is 0 Å². The molecule has 0 bridgehead atoms. The molecule has 1 aromatic carbocycles. The molecule has 1 atom stereocenters. The number of nitrogens with one attached hydrogen (secondary N) is 1. The summed E-state index contributed by atoms with van der Waals surface area (Å²) in [6.07, 6.45) is 1.17. The van der Waals surface area contributed by atoms with E-state index in [1.807, 2.05) is 0 Å². The number of hydrogen-bond acceptors (Lipinski definition) is 2. The van der Waals surface area contributed by atoms with Crippen molar-refractivity contribution >= 4 is 6.09 Å². The Kier molecular flexibility index (Phi) is 4.23. The Labute approximate surface area is 98.0 Å². The van der Waals surface area contributed by atoms with Crippen LogP contribution in [0.4, 0.5) is 4.79 Å². The van der Waals surface area contributed by atoms with E-state index in [-0.39, 0.29) is 0 Å². The minimum Gasteiger partial charge on any atom is -0.465 e. The first-order valence-corrected chi connectivity index (χ1v) is 5.67. The van der Waals surface area contributed by atoms with E-state index in [0.29, 0.717) is 12.5 Å². The quantitative estimate of drug-likeness (QED) is 0.806. The summed E-state index contributed by atoms with van der Waals surface area (Å²) in [7, 11) is 0. The molecular weight excluding hydrogens is 202 g/mol. The van der Waals surface area contributed by atoms with Gasteiger partial charge in [0.1, 0.15) is 0 Å². The number of carboxylic acid groups (broad SMARTS) is 1. The number of amides is 1. The van der Waals surface area contributed by atoms with E-state index in [9.17, 15) is 4.79 Å². The van der Waals surface area contributed by atoms with E-state index < -0.39 is 6.09 Å². The lowest BCUT2D eigenvalue weighted by atomic mass is 9.97. The Balaban J connectivity index is 2.43. The molecule has 2 N–H and O–H groups in total. The van der Waals surface area contributed by atoms with Gasteiger partial charge in [0.05, 0.1) is 0 Å². The lowest BCUT2D eigenvalue weighted by Gasteiger charge is -2.09. The summed E-state index contributed by atoms with van der Waals surface area (Å²) in [5, 5.41) is 6.23. The first-order valence-electron chi connectivity index (χ1n) is 6.08. The van der Waals surface area contributed by atoms with Crippen LogP contribution in [0.3, 0.4) is 0 Å². The summed E-state index contributed by atoms with van der Waals surface area (Å²) in [6, 6.07) is 8.42. The van der Waals surface area contributed by atoms with Crippen LogP contribution in [0.25, 0.3) is 1.43 Å². The normalized spacial score (nSPS) is 12.8. The van der Waals surface area contributed by atoms with Crippen LogP contribution in [0.1, 0.15) is 37.3 Å². The Morgan fingerprint density at radius 3 is 2.75 bits per heavy atom. The van der Waals surface area contributed by atoms with Crippen LogP contribution in [0.15, 0.2) is 24.3 Å². The van der Waals surface area contributed by atoms with Crippen LogP contribution >= 0.6 is 0 Å². The highest BCUT2D eigenvalue weighted by molar-refractivity contribution is 5.64. The topological polar surface area (TPSA) is 49.3 Å². The van der Waals surface area contributed by atoms with E-state index in [4.69, 9.17) is 1.43 Å². The molecule has 1 aromatic rings. The standard InChI is InChI=1S/C13H19NO2/c1-3-10(2)12-6-4-11(5-7-12)8-9-14-13(15)16/h4-7,10,14H,3,8-9H2,1-2H3,(H,15,16)/i/hT. The molecular formula is C13H19NO2. The zero-order valence-electron chi connectivity index (χ0n) is 10.8. The van der Waals surface area contributed by atoms with Crippen molar-refractivity contribution in [2.24, 2.45) is 0 Å². The van der Waals surface area contributed by atoms with Gasteiger partial charge in [-0.15, -0.1) is 0 Å². The molecule has 1 rings (SSSR count). The van der Waals surface area contributed by atoms with E-state index in [0.717, 1.165) is 12.8 Å². The first kappa shape index (κ1) is 11.0. The third kappa shape index (κ3) is 3.93. The molecule has 0 aromatic heterocycles. The fraction of sp³-hybridized carbons (Fsp3) is 0.462. The molecule has 0 heterocycles. The van der Waals surface area contributed by atoms with Crippen molar-refractivity contribution in [3.05, 3.63) is 35.4 Å². The fourth-order valence-electron chi connectivity index (χ4n) is 1.56. The lowest BCUT2D eigenvalue weighted by molar-refractivity contribution is 0.194. The molecule has 0 aliphatic heterocycles. The van der Waals surface area contributed by atoms with Gasteiger partial charge in [0.25, 0.3) is 1.43 Å². The lowest BCUT2D eigenvalue weighted by Crippen LogP contribution is -2.23. The molecule has 3 heteroatoms. The van der Waals surface area contributed by atoms with Crippen LogP contribution in [0, 0.1) is 0 Å². The van der Waals surface area contributed by atoms with Crippen LogP contribution in [-0.4, -0.2) is 17.7 Å². The predicted molar refractivity (Wildman–Crippen MR) is 64.9 cm³/mol. The van der Waals surface area contributed by atoms with Crippen molar-refractivity contribution in [3.63, 3.8) is 0 Å². The molecule has 0 saturated heterocycles. The second-order valence-electron chi connectivity index (χ2n) is 4.02. The highest BCUT2D eigenvalue weighted by Crippen LogP contribution is 2.18. The van der Waals surface area contributed by atoms with E-state index in [1.165, 1.54) is 11.1 Å². The Hall–Kier alpha value is -1.51. The Bertz CT molecular complexity index is 351. The van der Waals surface area contributed by atoms with Crippen LogP contribution < -0.4 is 5.32 Å². The van der Waals surface area contributed by atoms with Gasteiger partial charge in [-0.1, -0.05) is 38.1 Å². The molecule has 88 valence electrons. The smallest absolute Gasteiger partial charge is 0.404 e. The SMILES string of the molecule is [3H]OC(=O)NCCc1ccc(C(C)CC)cc1. The van der Waals surface area contributed by atoms with E-state index in [2.05, 4.69) is 48.5 Å². The second-order valence-corrected chi connectivity index (χ2v) is 4.02. The van der Waals surface area contributed by atoms with Crippen molar-refractivity contribution in [1.29, 1.82) is 1.43 Å². The highest BCUT2D eigenvalue weighted by Gasteiger charge is 2.02. The number of carbonyl (C=O) groups is 1. The van der Waals surface area contributed by atoms with E-state index >= 15 is 0 Å². The molecule has 0 radical (unpaired) electrons. The molecule has 0 spiro atoms. The van der Waals surface area contributed by atoms with Crippen LogP contribution in [0.5, 0.6) is 0 Å². The molecule has 1 unspecified atom stereocenters. The van der Waals surface area contributed by atoms with Gasteiger partial charge in [0.15, 0.2) is 0 Å². The van der Waals surface area contributed by atoms with Crippen molar-refractivity contribution in [3.8, 4) is 0 Å². The minimum absolute atomic E-state index is 0.486. The van der Waals surface area contributed by atoms with Crippen molar-refractivity contribution in [1.82, 2.24) is 5.32 Å². The highest BCUT2D eigenvalue weighted by atomic mass is 16.4. The average Bonchev–Trinajstić information content (AvgIpc) is 2.38. The monoisotopic (exact) mass is 223 g/mol. The largest absolute Gasteiger partial charge is 0.465 e. The summed E-state index contributed by atoms with van der Waals surface area (Å²) in [6.45, 7) is 4.87. The second kappa shape index (κ2) is 6.16. The summed E-state index contributed by atoms with van der Waals surface area (Å²) < 4.78 is 6.38. The zero-order chi connectivity index (χ0) is 12.7. The van der Waals surface area contributed by atoms with Crippen molar-refractivity contribution < 1.29 is 9.90 Å². The average molecular weight is 223 g/mol. The first-order chi connectivity index (χ1) is 8.17. The minimum atomic E-state index is -0.707. The van der Waals surface area contributed by atoms with Gasteiger partial charge in [-0.25, -0.2) is 4.79 Å². The van der Waals surface area contributed by atoms with Gasteiger partial charge in [-0.3, -0.25) is 0 Å². The molecule has 0 aliphatic rings. The Morgan fingerprint density at radius 2 is 2.19 bits per heavy atom. The Morgan fingerprint density at radius 1 is 1.50 bits per heavy atom. The molecule has 1 amide bonds. The molecule has 0 fully saturated rings. The van der Waals surface area contributed by atoms with Gasteiger partial charge >= 0.3 is 6.09 Å². The van der Waals surface area contributed by atoms with Crippen LogP contribution in [0.2, 0.25) is 0 Å². The third-order valence-corrected chi connectivity index (χ3v) is 2.84. The van der Waals surface area contributed by atoms with Crippen molar-refractivity contribution in [2.45, 2.75) is 32.6 Å². The number of hydrogen-bond donors (Lipinski definition) is 2. The van der Waals surface area contributed by atoms with Gasteiger partial charge in [-0.05, 0) is 29.9 Å². The molecule has 0 saturated carbocycles. The summed E-state index contributed by atoms with van der Waals surface area (Å²) in [5.74, 6) is 0.584. The number of rotatable bonds is 5. The van der Waals surface area contributed by atoms with Crippen LogP contribution in [-0.2, 0) is 6.42 Å². The molecule has 3 nitrogen and oxygen atoms in total. The maximum atomic E-state index is 10.7. The maximum absolute atomic E-state index is 10.7. The van der Waals surface area contributed by atoms with Crippen molar-refractivity contribution in [2.75, 3.05) is 6.54 Å². The van der Waals surface area contributed by atoms with Gasteiger partial charge in [0, 0.05) is 6.54 Å². The van der Waals surface area contributed by atoms with Gasteiger partial charge in [-0.2, -0.15) is 0 Å². The summed E-state index contributed by atoms with van der Waals surface area (Å²) in [4.78, 5) is 10.7. The summed E-state index contributed by atoms with van der Waals surface area (Å²) in [5.41, 5.74) is 2.51. The third-order valence-electron chi connectivity index (χ3n) is 2.84. The number of benzene rings is 1. The van der Waals surface area contributed by atoms with Gasteiger partial charge < -0.3 is 10.4 Å². The van der Waals surface area contributed by atoms with E-state index in [1.54, 1.807) is 0 Å². The predicted octanol–water partition coefficient (Wildman–Crippen LogP) is 3.01.